The molecule has 0 spiro atoms. The normalized spacial score (nSPS) is 16.5. The molecule has 2 aromatic carbocycles. The highest BCUT2D eigenvalue weighted by Crippen LogP contribution is 2.23. The molecule has 0 bridgehead atoms. The summed E-state index contributed by atoms with van der Waals surface area (Å²) in [5.74, 6) is 0.896. The Kier molecular flexibility index (Phi) is 6.74. The van der Waals surface area contributed by atoms with Gasteiger partial charge in [-0.15, -0.1) is 0 Å². The first kappa shape index (κ1) is 19.7. The second-order valence-corrected chi connectivity index (χ2v) is 7.57. The van der Waals surface area contributed by atoms with Gasteiger partial charge in [-0.3, -0.25) is 9.69 Å². The lowest BCUT2D eigenvalue weighted by Crippen LogP contribution is -2.44. The predicted octanol–water partition coefficient (Wildman–Crippen LogP) is 4.00. The van der Waals surface area contributed by atoms with Crippen LogP contribution in [0.4, 0.5) is 11.4 Å². The molecule has 1 aliphatic rings. The van der Waals surface area contributed by atoms with E-state index in [1.165, 1.54) is 5.69 Å². The van der Waals surface area contributed by atoms with Crippen molar-refractivity contribution in [3.63, 3.8) is 0 Å². The smallest absolute Gasteiger partial charge is 0.241 e. The summed E-state index contributed by atoms with van der Waals surface area (Å²) in [6.07, 6.45) is 1.03. The quantitative estimate of drug-likeness (QED) is 0.776. The molecule has 0 saturated carbocycles. The zero-order valence-electron chi connectivity index (χ0n) is 15.8. The molecule has 1 heterocycles. The fourth-order valence-corrected chi connectivity index (χ4v) is 3.73. The number of carbonyl (C=O) groups is 1. The second kappa shape index (κ2) is 9.24. The van der Waals surface area contributed by atoms with Crippen molar-refractivity contribution >= 4 is 33.2 Å². The first-order chi connectivity index (χ1) is 13.1. The van der Waals surface area contributed by atoms with Gasteiger partial charge >= 0.3 is 0 Å². The summed E-state index contributed by atoms with van der Waals surface area (Å²) < 4.78 is 6.13. The first-order valence-corrected chi connectivity index (χ1v) is 10.1. The van der Waals surface area contributed by atoms with Crippen LogP contribution in [0.15, 0.2) is 53.0 Å². The highest BCUT2D eigenvalue weighted by molar-refractivity contribution is 9.10. The van der Waals surface area contributed by atoms with Crippen molar-refractivity contribution in [2.75, 3.05) is 43.5 Å². The van der Waals surface area contributed by atoms with Gasteiger partial charge in [-0.05, 0) is 65.7 Å². The zero-order chi connectivity index (χ0) is 19.2. The molecule has 0 aromatic heterocycles. The maximum absolute atomic E-state index is 12.7. The van der Waals surface area contributed by atoms with Gasteiger partial charge in [0.15, 0.2) is 0 Å². The van der Waals surface area contributed by atoms with E-state index in [1.54, 1.807) is 7.11 Å². The summed E-state index contributed by atoms with van der Waals surface area (Å²) in [6.45, 7) is 5.64. The molecule has 6 heteroatoms. The van der Waals surface area contributed by atoms with Crippen molar-refractivity contribution < 1.29 is 9.53 Å². The van der Waals surface area contributed by atoms with Gasteiger partial charge in [0.2, 0.25) is 5.91 Å². The van der Waals surface area contributed by atoms with E-state index in [2.05, 4.69) is 43.2 Å². The van der Waals surface area contributed by atoms with Crippen LogP contribution in [0, 0.1) is 0 Å². The molecule has 0 radical (unpaired) electrons. The minimum absolute atomic E-state index is 0.0276. The van der Waals surface area contributed by atoms with Crippen LogP contribution in [0.3, 0.4) is 0 Å². The van der Waals surface area contributed by atoms with Gasteiger partial charge in [-0.2, -0.15) is 0 Å². The molecule has 3 rings (SSSR count). The molecule has 1 fully saturated rings. The third kappa shape index (κ3) is 5.02. The largest absolute Gasteiger partial charge is 0.497 e. The van der Waals surface area contributed by atoms with Crippen molar-refractivity contribution in [3.05, 3.63) is 53.0 Å². The van der Waals surface area contributed by atoms with Crippen LogP contribution in [0.25, 0.3) is 0 Å². The fraction of sp³-hybridized carbons (Fsp3) is 0.381. The van der Waals surface area contributed by atoms with E-state index < -0.39 is 0 Å². The van der Waals surface area contributed by atoms with Gasteiger partial charge < -0.3 is 15.0 Å². The summed E-state index contributed by atoms with van der Waals surface area (Å²) in [7, 11) is 1.68. The Hall–Kier alpha value is -2.05. The monoisotopic (exact) mass is 431 g/mol. The van der Waals surface area contributed by atoms with Crippen LogP contribution < -0.4 is 15.0 Å². The Morgan fingerprint density at radius 2 is 1.81 bits per heavy atom. The van der Waals surface area contributed by atoms with Crippen LogP contribution in [0.1, 0.15) is 13.3 Å². The van der Waals surface area contributed by atoms with E-state index in [0.717, 1.165) is 48.5 Å². The Balaban J connectivity index is 1.59. The number of benzene rings is 2. The van der Waals surface area contributed by atoms with Crippen LogP contribution in [-0.4, -0.2) is 50.1 Å². The lowest BCUT2D eigenvalue weighted by atomic mass is 10.2. The molecule has 5 nitrogen and oxygen atoms in total. The van der Waals surface area contributed by atoms with Gasteiger partial charge in [0.05, 0.1) is 18.8 Å². The van der Waals surface area contributed by atoms with E-state index in [9.17, 15) is 4.79 Å². The van der Waals surface area contributed by atoms with Crippen molar-refractivity contribution in [2.24, 2.45) is 0 Å². The van der Waals surface area contributed by atoms with Crippen molar-refractivity contribution in [3.8, 4) is 5.75 Å². The number of halogens is 1. The number of rotatable bonds is 5. The molecule has 0 aliphatic carbocycles. The summed E-state index contributed by atoms with van der Waals surface area (Å²) in [6, 6.07) is 15.7. The number of nitrogens with one attached hydrogen (secondary N) is 1. The standard InChI is InChI=1S/C21H26BrN3O2/c1-16(21(26)23-20-7-4-3-6-19(20)22)24-12-5-13-25(15-14-24)17-8-10-18(27-2)11-9-17/h3-4,6-11,16H,5,12-15H2,1-2H3,(H,23,26). The average molecular weight is 432 g/mol. The maximum atomic E-state index is 12.7. The number of amides is 1. The van der Waals surface area contributed by atoms with Gasteiger partial charge in [0.25, 0.3) is 0 Å². The Bertz CT molecular complexity index is 766. The predicted molar refractivity (Wildman–Crippen MR) is 114 cm³/mol. The van der Waals surface area contributed by atoms with E-state index in [0.29, 0.717) is 0 Å². The molecule has 144 valence electrons. The summed E-state index contributed by atoms with van der Waals surface area (Å²) in [5, 5.41) is 3.03. The number of nitrogens with zero attached hydrogens (tertiary/aromatic N) is 2. The third-order valence-corrected chi connectivity index (χ3v) is 5.72. The highest BCUT2D eigenvalue weighted by atomic mass is 79.9. The topological polar surface area (TPSA) is 44.8 Å². The fourth-order valence-electron chi connectivity index (χ4n) is 3.34. The Morgan fingerprint density at radius 3 is 2.52 bits per heavy atom. The number of hydrogen-bond acceptors (Lipinski definition) is 4. The van der Waals surface area contributed by atoms with Gasteiger partial charge in [0, 0.05) is 36.3 Å². The van der Waals surface area contributed by atoms with Gasteiger partial charge in [-0.1, -0.05) is 12.1 Å². The van der Waals surface area contributed by atoms with Crippen LogP contribution >= 0.6 is 15.9 Å². The Labute approximate surface area is 169 Å². The van der Waals surface area contributed by atoms with E-state index in [4.69, 9.17) is 4.74 Å². The second-order valence-electron chi connectivity index (χ2n) is 6.72. The third-order valence-electron chi connectivity index (χ3n) is 5.03. The molecular formula is C21H26BrN3O2. The summed E-state index contributed by atoms with van der Waals surface area (Å²) >= 11 is 3.48. The minimum Gasteiger partial charge on any atom is -0.497 e. The molecule has 1 amide bonds. The summed E-state index contributed by atoms with van der Waals surface area (Å²) in [5.41, 5.74) is 2.01. The van der Waals surface area contributed by atoms with Crippen LogP contribution in [0.5, 0.6) is 5.75 Å². The number of hydrogen-bond donors (Lipinski definition) is 1. The molecule has 2 aromatic rings. The van der Waals surface area contributed by atoms with Gasteiger partial charge in [0.1, 0.15) is 5.75 Å². The van der Waals surface area contributed by atoms with Crippen LogP contribution in [-0.2, 0) is 4.79 Å². The molecule has 1 N–H and O–H groups in total. The number of para-hydroxylation sites is 1. The lowest BCUT2D eigenvalue weighted by Gasteiger charge is -2.27. The number of anilines is 2. The maximum Gasteiger partial charge on any atom is 0.241 e. The zero-order valence-corrected chi connectivity index (χ0v) is 17.4. The molecule has 1 aliphatic heterocycles. The number of methoxy groups -OCH3 is 1. The molecular weight excluding hydrogens is 406 g/mol. The van der Waals surface area contributed by atoms with Crippen molar-refractivity contribution in [1.29, 1.82) is 0 Å². The van der Waals surface area contributed by atoms with Crippen molar-refractivity contribution in [1.82, 2.24) is 4.90 Å². The molecule has 1 atom stereocenters. The minimum atomic E-state index is -0.173. The van der Waals surface area contributed by atoms with Crippen molar-refractivity contribution in [2.45, 2.75) is 19.4 Å². The van der Waals surface area contributed by atoms with E-state index >= 15 is 0 Å². The first-order valence-electron chi connectivity index (χ1n) is 9.27. The number of carbonyl (C=O) groups excluding carboxylic acids is 1. The molecule has 27 heavy (non-hydrogen) atoms. The summed E-state index contributed by atoms with van der Waals surface area (Å²) in [4.78, 5) is 17.3. The highest BCUT2D eigenvalue weighted by Gasteiger charge is 2.24. The average Bonchev–Trinajstić information content (AvgIpc) is 2.95. The van der Waals surface area contributed by atoms with Gasteiger partial charge in [-0.25, -0.2) is 0 Å². The van der Waals surface area contributed by atoms with E-state index in [-0.39, 0.29) is 11.9 Å². The molecule has 1 saturated heterocycles. The number of ether oxygens (including phenoxy) is 1. The lowest BCUT2D eigenvalue weighted by molar-refractivity contribution is -0.120. The van der Waals surface area contributed by atoms with Crippen LogP contribution in [0.2, 0.25) is 0 Å². The molecule has 1 unspecified atom stereocenters. The van der Waals surface area contributed by atoms with E-state index in [1.807, 2.05) is 43.3 Å². The SMILES string of the molecule is COc1ccc(N2CCCN(C(C)C(=O)Nc3ccccc3Br)CC2)cc1. The Morgan fingerprint density at radius 1 is 1.07 bits per heavy atom.